The Balaban J connectivity index is 2.13. The number of aromatic nitrogens is 1. The van der Waals surface area contributed by atoms with E-state index in [1.165, 1.54) is 16.6 Å². The van der Waals surface area contributed by atoms with Gasteiger partial charge in [0.05, 0.1) is 11.6 Å². The zero-order valence-corrected chi connectivity index (χ0v) is 12.4. The maximum absolute atomic E-state index is 12.4. The summed E-state index contributed by atoms with van der Waals surface area (Å²) in [5, 5.41) is 9.00. The zero-order chi connectivity index (χ0) is 14.8. The summed E-state index contributed by atoms with van der Waals surface area (Å²) in [6.45, 7) is 2.58. The molecule has 0 amide bonds. The first-order valence-electron chi connectivity index (χ1n) is 6.19. The summed E-state index contributed by atoms with van der Waals surface area (Å²) in [6, 6.07) is 1.32. The van der Waals surface area contributed by atoms with E-state index in [0.717, 1.165) is 0 Å². The molecule has 0 bridgehead atoms. The van der Waals surface area contributed by atoms with Gasteiger partial charge in [0, 0.05) is 38.9 Å². The number of nitrogens with zero attached hydrogens (tertiary/aromatic N) is 3. The molecule has 1 aliphatic rings. The predicted molar refractivity (Wildman–Crippen MR) is 75.9 cm³/mol. The Morgan fingerprint density at radius 1 is 1.35 bits per heavy atom. The summed E-state index contributed by atoms with van der Waals surface area (Å²) in [5.41, 5.74) is 5.48. The second kappa shape index (κ2) is 6.23. The van der Waals surface area contributed by atoms with Gasteiger partial charge in [-0.3, -0.25) is 4.90 Å². The standard InChI is InChI=1S/C11H17ClN4O3S/c12-10-7-9(8-14-11(10)13)20(18,19)16-3-1-15(2-4-16)5-6-17/h7-8,17H,1-6H2,(H2,13,14). The van der Waals surface area contributed by atoms with E-state index >= 15 is 0 Å². The third-order valence-corrected chi connectivity index (χ3v) is 5.40. The van der Waals surface area contributed by atoms with Gasteiger partial charge in [-0.15, -0.1) is 0 Å². The Morgan fingerprint density at radius 3 is 2.55 bits per heavy atom. The first-order chi connectivity index (χ1) is 9.45. The first-order valence-corrected chi connectivity index (χ1v) is 8.01. The van der Waals surface area contributed by atoms with Crippen LogP contribution in [0.15, 0.2) is 17.2 Å². The van der Waals surface area contributed by atoms with E-state index in [-0.39, 0.29) is 22.3 Å². The topological polar surface area (TPSA) is 99.8 Å². The molecule has 2 heterocycles. The summed E-state index contributed by atoms with van der Waals surface area (Å²) in [6.07, 6.45) is 1.22. The van der Waals surface area contributed by atoms with Crippen molar-refractivity contribution < 1.29 is 13.5 Å². The van der Waals surface area contributed by atoms with Gasteiger partial charge in [-0.25, -0.2) is 13.4 Å². The lowest BCUT2D eigenvalue weighted by Gasteiger charge is -2.33. The van der Waals surface area contributed by atoms with Crippen molar-refractivity contribution in [2.24, 2.45) is 0 Å². The Labute approximate surface area is 123 Å². The van der Waals surface area contributed by atoms with Crippen molar-refractivity contribution in [2.75, 3.05) is 45.1 Å². The summed E-state index contributed by atoms with van der Waals surface area (Å²) < 4.78 is 26.3. The summed E-state index contributed by atoms with van der Waals surface area (Å²) in [7, 11) is -3.60. The molecule has 3 N–H and O–H groups in total. The number of piperazine rings is 1. The molecule has 1 aromatic heterocycles. The fraction of sp³-hybridized carbons (Fsp3) is 0.545. The van der Waals surface area contributed by atoms with Crippen LogP contribution in [0.2, 0.25) is 5.02 Å². The highest BCUT2D eigenvalue weighted by atomic mass is 35.5. The van der Waals surface area contributed by atoms with Gasteiger partial charge in [0.1, 0.15) is 10.7 Å². The molecule has 1 saturated heterocycles. The van der Waals surface area contributed by atoms with Gasteiger partial charge < -0.3 is 10.8 Å². The first kappa shape index (κ1) is 15.5. The monoisotopic (exact) mass is 320 g/mol. The van der Waals surface area contributed by atoms with Crippen LogP contribution in [0, 0.1) is 0 Å². The van der Waals surface area contributed by atoms with Gasteiger partial charge in [0.2, 0.25) is 10.0 Å². The van der Waals surface area contributed by atoms with E-state index in [2.05, 4.69) is 4.98 Å². The highest BCUT2D eigenvalue weighted by molar-refractivity contribution is 7.89. The third kappa shape index (κ3) is 3.21. The lowest BCUT2D eigenvalue weighted by Crippen LogP contribution is -2.49. The predicted octanol–water partition coefficient (Wildman–Crippen LogP) is -0.384. The Morgan fingerprint density at radius 2 is 2.00 bits per heavy atom. The van der Waals surface area contributed by atoms with E-state index in [9.17, 15) is 8.42 Å². The van der Waals surface area contributed by atoms with Gasteiger partial charge in [0.25, 0.3) is 0 Å². The van der Waals surface area contributed by atoms with E-state index in [1.807, 2.05) is 4.90 Å². The van der Waals surface area contributed by atoms with Crippen molar-refractivity contribution in [1.82, 2.24) is 14.2 Å². The Hall–Kier alpha value is -0.930. The van der Waals surface area contributed by atoms with Crippen molar-refractivity contribution in [3.63, 3.8) is 0 Å². The van der Waals surface area contributed by atoms with Crippen LogP contribution in [0.4, 0.5) is 5.82 Å². The third-order valence-electron chi connectivity index (χ3n) is 3.23. The van der Waals surface area contributed by atoms with Gasteiger partial charge in [-0.1, -0.05) is 11.6 Å². The normalized spacial score (nSPS) is 18.3. The fourth-order valence-electron chi connectivity index (χ4n) is 2.06. The van der Waals surface area contributed by atoms with Crippen molar-refractivity contribution in [2.45, 2.75) is 4.90 Å². The smallest absolute Gasteiger partial charge is 0.244 e. The van der Waals surface area contributed by atoms with E-state index in [4.69, 9.17) is 22.4 Å². The number of aliphatic hydroxyl groups excluding tert-OH is 1. The van der Waals surface area contributed by atoms with Crippen LogP contribution >= 0.6 is 11.6 Å². The molecule has 1 aliphatic heterocycles. The van der Waals surface area contributed by atoms with Gasteiger partial charge >= 0.3 is 0 Å². The van der Waals surface area contributed by atoms with Gasteiger partial charge in [-0.05, 0) is 6.07 Å². The molecular weight excluding hydrogens is 304 g/mol. The number of nitrogen functional groups attached to an aromatic ring is 1. The largest absolute Gasteiger partial charge is 0.395 e. The van der Waals surface area contributed by atoms with Crippen molar-refractivity contribution in [3.05, 3.63) is 17.3 Å². The van der Waals surface area contributed by atoms with E-state index in [1.54, 1.807) is 0 Å². The van der Waals surface area contributed by atoms with Crippen LogP contribution in [0.25, 0.3) is 0 Å². The molecule has 20 heavy (non-hydrogen) atoms. The molecule has 0 aliphatic carbocycles. The Bertz CT molecular complexity index is 573. The number of rotatable bonds is 4. The van der Waals surface area contributed by atoms with Crippen LogP contribution in [-0.2, 0) is 10.0 Å². The molecular formula is C11H17ClN4O3S. The Kier molecular flexibility index (Phi) is 4.82. The molecule has 0 spiro atoms. The zero-order valence-electron chi connectivity index (χ0n) is 10.9. The van der Waals surface area contributed by atoms with Crippen molar-refractivity contribution in [3.8, 4) is 0 Å². The quantitative estimate of drug-likeness (QED) is 0.784. The molecule has 0 aromatic carbocycles. The van der Waals surface area contributed by atoms with Gasteiger partial charge in [-0.2, -0.15) is 4.31 Å². The number of aliphatic hydroxyl groups is 1. The van der Waals surface area contributed by atoms with Crippen LogP contribution < -0.4 is 5.73 Å². The van der Waals surface area contributed by atoms with Crippen LogP contribution in [-0.4, -0.2) is 67.0 Å². The molecule has 0 radical (unpaired) electrons. The molecule has 0 unspecified atom stereocenters. The molecule has 112 valence electrons. The lowest BCUT2D eigenvalue weighted by molar-refractivity contribution is 0.151. The molecule has 1 aromatic rings. The maximum Gasteiger partial charge on any atom is 0.244 e. The minimum atomic E-state index is -3.60. The fourth-order valence-corrected chi connectivity index (χ4v) is 3.68. The summed E-state index contributed by atoms with van der Waals surface area (Å²) in [4.78, 5) is 5.84. The highest BCUT2D eigenvalue weighted by Gasteiger charge is 2.28. The van der Waals surface area contributed by atoms with Crippen molar-refractivity contribution in [1.29, 1.82) is 0 Å². The summed E-state index contributed by atoms with van der Waals surface area (Å²) >= 11 is 5.82. The minimum absolute atomic E-state index is 0.0484. The number of β-amino-alcohol motifs (C(OH)–C–C–N with tert-alkyl or cyclic N) is 1. The highest BCUT2D eigenvalue weighted by Crippen LogP contribution is 2.23. The van der Waals surface area contributed by atoms with E-state index < -0.39 is 10.0 Å². The average molecular weight is 321 g/mol. The van der Waals surface area contributed by atoms with Crippen LogP contribution in [0.5, 0.6) is 0 Å². The number of nitrogens with two attached hydrogens (primary N) is 1. The molecule has 1 fully saturated rings. The second-order valence-electron chi connectivity index (χ2n) is 4.51. The SMILES string of the molecule is Nc1ncc(S(=O)(=O)N2CCN(CCO)CC2)cc1Cl. The number of anilines is 1. The number of halogens is 1. The van der Waals surface area contributed by atoms with Crippen LogP contribution in [0.3, 0.4) is 0 Å². The second-order valence-corrected chi connectivity index (χ2v) is 6.85. The number of sulfonamides is 1. The van der Waals surface area contributed by atoms with Crippen LogP contribution in [0.1, 0.15) is 0 Å². The molecule has 0 atom stereocenters. The molecule has 2 rings (SSSR count). The minimum Gasteiger partial charge on any atom is -0.395 e. The maximum atomic E-state index is 12.4. The average Bonchev–Trinajstić information content (AvgIpc) is 2.43. The number of pyridine rings is 1. The summed E-state index contributed by atoms with van der Waals surface area (Å²) in [5.74, 6) is 0.110. The van der Waals surface area contributed by atoms with E-state index in [0.29, 0.717) is 32.7 Å². The molecule has 0 saturated carbocycles. The van der Waals surface area contributed by atoms with Gasteiger partial charge in [0.15, 0.2) is 0 Å². The lowest BCUT2D eigenvalue weighted by atomic mass is 10.4. The van der Waals surface area contributed by atoms with Crippen molar-refractivity contribution >= 4 is 27.4 Å². The number of hydrogen-bond donors (Lipinski definition) is 2. The number of hydrogen-bond acceptors (Lipinski definition) is 6. The molecule has 9 heteroatoms. The molecule has 7 nitrogen and oxygen atoms in total.